The lowest BCUT2D eigenvalue weighted by Crippen LogP contribution is -2.30. The van der Waals surface area contributed by atoms with E-state index >= 15 is 0 Å². The van der Waals surface area contributed by atoms with Crippen LogP contribution in [-0.4, -0.2) is 35.0 Å². The Morgan fingerprint density at radius 3 is 2.72 bits per heavy atom. The van der Waals surface area contributed by atoms with Gasteiger partial charge < -0.3 is 10.0 Å². The van der Waals surface area contributed by atoms with Crippen LogP contribution < -0.4 is 0 Å². The molecule has 4 nitrogen and oxygen atoms in total. The molecule has 1 rings (SSSR count). The highest BCUT2D eigenvalue weighted by atomic mass is 16.4. The van der Waals surface area contributed by atoms with Gasteiger partial charge in [-0.3, -0.25) is 4.79 Å². The number of hydrogen-bond donors (Lipinski definition) is 1. The number of rotatable bonds is 5. The molecule has 0 spiro atoms. The molecule has 1 aliphatic rings. The van der Waals surface area contributed by atoms with Crippen molar-refractivity contribution < 1.29 is 14.7 Å². The Morgan fingerprint density at radius 1 is 1.44 bits per heavy atom. The fourth-order valence-electron chi connectivity index (χ4n) is 2.30. The van der Waals surface area contributed by atoms with Gasteiger partial charge in [0.25, 0.3) is 0 Å². The van der Waals surface area contributed by atoms with Crippen LogP contribution in [0, 0.1) is 5.92 Å². The first-order chi connectivity index (χ1) is 8.58. The third-order valence-electron chi connectivity index (χ3n) is 3.72. The van der Waals surface area contributed by atoms with Gasteiger partial charge >= 0.3 is 5.97 Å². The lowest BCUT2D eigenvalue weighted by atomic mass is 9.98. The summed E-state index contributed by atoms with van der Waals surface area (Å²) in [6.45, 7) is 5.16. The molecule has 1 atom stereocenters. The maximum absolute atomic E-state index is 11.9. The van der Waals surface area contributed by atoms with E-state index in [9.17, 15) is 9.59 Å². The van der Waals surface area contributed by atoms with E-state index in [0.717, 1.165) is 25.8 Å². The molecule has 1 N–H and O–H groups in total. The van der Waals surface area contributed by atoms with Crippen molar-refractivity contribution in [2.75, 3.05) is 13.1 Å². The summed E-state index contributed by atoms with van der Waals surface area (Å²) in [6.07, 6.45) is 5.88. The first-order valence-corrected chi connectivity index (χ1v) is 6.78. The highest BCUT2D eigenvalue weighted by molar-refractivity contribution is 5.86. The Bertz CT molecular complexity index is 336. The minimum absolute atomic E-state index is 0.156. The number of carboxylic acids is 1. The number of carbonyl (C=O) groups is 2. The van der Waals surface area contributed by atoms with Crippen LogP contribution in [0.2, 0.25) is 0 Å². The predicted molar refractivity (Wildman–Crippen MR) is 70.2 cm³/mol. The minimum Gasteiger partial charge on any atom is -0.478 e. The molecule has 102 valence electrons. The first-order valence-electron chi connectivity index (χ1n) is 6.78. The van der Waals surface area contributed by atoms with Crippen LogP contribution in [0.25, 0.3) is 0 Å². The van der Waals surface area contributed by atoms with E-state index in [1.807, 2.05) is 6.92 Å². The first kappa shape index (κ1) is 14.7. The molecule has 0 saturated carbocycles. The van der Waals surface area contributed by atoms with Crippen LogP contribution in [0.3, 0.4) is 0 Å². The number of hydrogen-bond acceptors (Lipinski definition) is 2. The number of amides is 1. The summed E-state index contributed by atoms with van der Waals surface area (Å²) in [4.78, 5) is 24.6. The molecule has 0 aromatic rings. The Morgan fingerprint density at radius 2 is 2.17 bits per heavy atom. The summed E-state index contributed by atoms with van der Waals surface area (Å²) in [5.74, 6) is -0.0951. The lowest BCUT2D eigenvalue weighted by molar-refractivity contribution is -0.133. The van der Waals surface area contributed by atoms with Crippen molar-refractivity contribution >= 4 is 11.9 Å². The van der Waals surface area contributed by atoms with Crippen molar-refractivity contribution in [1.82, 2.24) is 4.90 Å². The summed E-state index contributed by atoms with van der Waals surface area (Å²) in [6, 6.07) is 0. The van der Waals surface area contributed by atoms with E-state index in [-0.39, 0.29) is 5.91 Å². The highest BCUT2D eigenvalue weighted by Gasteiger charge is 2.20. The summed E-state index contributed by atoms with van der Waals surface area (Å²) < 4.78 is 0. The van der Waals surface area contributed by atoms with E-state index in [1.54, 1.807) is 11.0 Å². The Balaban J connectivity index is 2.60. The molecule has 0 bridgehead atoms. The second-order valence-electron chi connectivity index (χ2n) is 4.83. The molecular weight excluding hydrogens is 230 g/mol. The summed E-state index contributed by atoms with van der Waals surface area (Å²) >= 11 is 0. The van der Waals surface area contributed by atoms with Gasteiger partial charge in [-0.05, 0) is 25.2 Å². The molecule has 1 amide bonds. The molecular formula is C14H23NO3. The molecule has 1 fully saturated rings. The van der Waals surface area contributed by atoms with Gasteiger partial charge in [-0.15, -0.1) is 0 Å². The number of nitrogens with zero attached hydrogens (tertiary/aromatic N) is 1. The molecule has 1 aliphatic heterocycles. The van der Waals surface area contributed by atoms with Crippen molar-refractivity contribution in [1.29, 1.82) is 0 Å². The van der Waals surface area contributed by atoms with E-state index in [0.29, 0.717) is 30.9 Å². The molecule has 0 aromatic carbocycles. The minimum atomic E-state index is -0.883. The zero-order chi connectivity index (χ0) is 13.5. The van der Waals surface area contributed by atoms with Gasteiger partial charge in [-0.2, -0.15) is 0 Å². The summed E-state index contributed by atoms with van der Waals surface area (Å²) in [7, 11) is 0. The Hall–Kier alpha value is -1.32. The van der Waals surface area contributed by atoms with Crippen LogP contribution in [0.15, 0.2) is 11.6 Å². The van der Waals surface area contributed by atoms with Crippen molar-refractivity contribution in [2.45, 2.75) is 46.0 Å². The molecule has 0 aromatic heterocycles. The van der Waals surface area contributed by atoms with Gasteiger partial charge in [0.1, 0.15) is 0 Å². The fraction of sp³-hybridized carbons (Fsp3) is 0.714. The number of carbonyl (C=O) groups excluding carboxylic acids is 1. The molecule has 1 unspecified atom stereocenters. The predicted octanol–water partition coefficient (Wildman–Crippen LogP) is 2.45. The standard InChI is InChI=1S/C14H23NO3/c1-3-11-5-6-13(16)15(9-7-11)10-8-12(4-2)14(17)18/h8,11H,3-7,9-10H2,1-2H3,(H,17,18). The molecule has 1 saturated heterocycles. The van der Waals surface area contributed by atoms with E-state index < -0.39 is 5.97 Å². The van der Waals surface area contributed by atoms with Gasteiger partial charge in [0, 0.05) is 25.1 Å². The van der Waals surface area contributed by atoms with Crippen LogP contribution in [0.5, 0.6) is 0 Å². The maximum Gasteiger partial charge on any atom is 0.331 e. The van der Waals surface area contributed by atoms with Gasteiger partial charge in [-0.1, -0.05) is 26.3 Å². The van der Waals surface area contributed by atoms with Crippen LogP contribution in [0.1, 0.15) is 46.0 Å². The average Bonchev–Trinajstić information content (AvgIpc) is 2.52. The number of aliphatic carboxylic acids is 1. The summed E-state index contributed by atoms with van der Waals surface area (Å²) in [5, 5.41) is 8.93. The van der Waals surface area contributed by atoms with E-state index in [4.69, 9.17) is 5.11 Å². The van der Waals surface area contributed by atoms with E-state index in [1.165, 1.54) is 0 Å². The lowest BCUT2D eigenvalue weighted by Gasteiger charge is -2.19. The third kappa shape index (κ3) is 4.17. The van der Waals surface area contributed by atoms with Crippen LogP contribution in [0.4, 0.5) is 0 Å². The van der Waals surface area contributed by atoms with Crippen molar-refractivity contribution in [3.05, 3.63) is 11.6 Å². The largest absolute Gasteiger partial charge is 0.478 e. The average molecular weight is 253 g/mol. The molecule has 18 heavy (non-hydrogen) atoms. The van der Waals surface area contributed by atoms with Gasteiger partial charge in [0.05, 0.1) is 0 Å². The van der Waals surface area contributed by atoms with Gasteiger partial charge in [0.15, 0.2) is 0 Å². The topological polar surface area (TPSA) is 57.6 Å². The zero-order valence-electron chi connectivity index (χ0n) is 11.3. The third-order valence-corrected chi connectivity index (χ3v) is 3.72. The van der Waals surface area contributed by atoms with E-state index in [2.05, 4.69) is 6.92 Å². The normalized spacial score (nSPS) is 21.9. The quantitative estimate of drug-likeness (QED) is 0.766. The molecule has 0 radical (unpaired) electrons. The SMILES string of the molecule is CCC(=CCN1CCC(CC)CCC1=O)C(=O)O. The van der Waals surface area contributed by atoms with Crippen LogP contribution in [-0.2, 0) is 9.59 Å². The number of likely N-dealkylation sites (tertiary alicyclic amines) is 1. The molecule has 1 heterocycles. The second kappa shape index (κ2) is 7.19. The fourth-order valence-corrected chi connectivity index (χ4v) is 2.30. The van der Waals surface area contributed by atoms with Gasteiger partial charge in [0.2, 0.25) is 5.91 Å². The molecule has 4 heteroatoms. The Kier molecular flexibility index (Phi) is 5.89. The van der Waals surface area contributed by atoms with Crippen molar-refractivity contribution in [3.8, 4) is 0 Å². The highest BCUT2D eigenvalue weighted by Crippen LogP contribution is 2.21. The summed E-state index contributed by atoms with van der Waals surface area (Å²) in [5.41, 5.74) is 0.388. The molecule has 0 aliphatic carbocycles. The Labute approximate surface area is 109 Å². The van der Waals surface area contributed by atoms with Crippen LogP contribution >= 0.6 is 0 Å². The van der Waals surface area contributed by atoms with Crippen molar-refractivity contribution in [3.63, 3.8) is 0 Å². The van der Waals surface area contributed by atoms with Gasteiger partial charge in [-0.25, -0.2) is 4.79 Å². The smallest absolute Gasteiger partial charge is 0.331 e. The van der Waals surface area contributed by atoms with Crippen molar-refractivity contribution in [2.24, 2.45) is 5.92 Å². The monoisotopic (exact) mass is 253 g/mol. The number of carboxylic acid groups (broad SMARTS) is 1. The zero-order valence-corrected chi connectivity index (χ0v) is 11.3. The maximum atomic E-state index is 11.9. The second-order valence-corrected chi connectivity index (χ2v) is 4.83.